The van der Waals surface area contributed by atoms with Crippen LogP contribution in [0.5, 0.6) is 5.75 Å². The average molecular weight is 459 g/mol. The first-order valence-electron chi connectivity index (χ1n) is 10.5. The molecule has 0 bridgehead atoms. The second kappa shape index (κ2) is 10.8. The summed E-state index contributed by atoms with van der Waals surface area (Å²) in [5.41, 5.74) is 6.26. The molecule has 32 heavy (non-hydrogen) atoms. The van der Waals surface area contributed by atoms with Crippen LogP contribution in [0.25, 0.3) is 0 Å². The van der Waals surface area contributed by atoms with Crippen LogP contribution in [0.4, 0.5) is 4.79 Å². The zero-order valence-electron chi connectivity index (χ0n) is 19.8. The summed E-state index contributed by atoms with van der Waals surface area (Å²) in [4.78, 5) is 27.3. The SMILES string of the molecule is COc1ccc(CSC[C@@H](C(N)=O)N(C(=O)OC(C)(C)C)C(C)(C)c2ccccc2)cc1. The molecule has 0 heterocycles. The number of ether oxygens (including phenoxy) is 2. The lowest BCUT2D eigenvalue weighted by Gasteiger charge is -2.43. The molecule has 174 valence electrons. The second-order valence-electron chi connectivity index (χ2n) is 9.06. The van der Waals surface area contributed by atoms with Crippen molar-refractivity contribution in [2.75, 3.05) is 12.9 Å². The van der Waals surface area contributed by atoms with Crippen molar-refractivity contribution in [1.29, 1.82) is 0 Å². The Labute approximate surface area is 195 Å². The standard InChI is InChI=1S/C25H34N2O4S/c1-24(2,3)31-23(29)27(25(4,5)19-10-8-7-9-11-19)21(22(26)28)17-32-16-18-12-14-20(30-6)15-13-18/h7-15,21H,16-17H2,1-6H3,(H2,26,28)/t21-/m0/s1. The van der Waals surface area contributed by atoms with E-state index in [-0.39, 0.29) is 0 Å². The Balaban J connectivity index is 2.29. The number of amides is 2. The number of nitrogens with zero attached hydrogens (tertiary/aromatic N) is 1. The first kappa shape index (κ1) is 25.6. The van der Waals surface area contributed by atoms with Gasteiger partial charge in [0.2, 0.25) is 5.91 Å². The summed E-state index contributed by atoms with van der Waals surface area (Å²) in [7, 11) is 1.63. The van der Waals surface area contributed by atoms with E-state index in [1.54, 1.807) is 39.6 Å². The number of benzene rings is 2. The smallest absolute Gasteiger partial charge is 0.411 e. The van der Waals surface area contributed by atoms with Crippen LogP contribution in [-0.4, -0.2) is 41.4 Å². The van der Waals surface area contributed by atoms with Crippen LogP contribution < -0.4 is 10.5 Å². The Morgan fingerprint density at radius 1 is 1.00 bits per heavy atom. The summed E-state index contributed by atoms with van der Waals surface area (Å²) in [6.07, 6.45) is -0.569. The fourth-order valence-electron chi connectivity index (χ4n) is 3.34. The number of methoxy groups -OCH3 is 1. The normalized spacial score (nSPS) is 12.7. The third kappa shape index (κ3) is 6.92. The molecule has 2 aromatic rings. The van der Waals surface area contributed by atoms with Crippen molar-refractivity contribution in [3.63, 3.8) is 0 Å². The van der Waals surface area contributed by atoms with E-state index >= 15 is 0 Å². The molecule has 0 saturated heterocycles. The van der Waals surface area contributed by atoms with Gasteiger partial charge in [0.15, 0.2) is 0 Å². The predicted octanol–water partition coefficient (Wildman–Crippen LogP) is 4.95. The lowest BCUT2D eigenvalue weighted by molar-refractivity contribution is -0.124. The Morgan fingerprint density at radius 3 is 2.09 bits per heavy atom. The third-order valence-electron chi connectivity index (χ3n) is 5.02. The quantitative estimate of drug-likeness (QED) is 0.575. The maximum Gasteiger partial charge on any atom is 0.411 e. The molecular weight excluding hydrogens is 424 g/mol. The molecule has 0 aromatic heterocycles. The first-order chi connectivity index (χ1) is 15.0. The summed E-state index contributed by atoms with van der Waals surface area (Å²) in [5.74, 6) is 1.23. The summed E-state index contributed by atoms with van der Waals surface area (Å²) < 4.78 is 10.9. The average Bonchev–Trinajstić information content (AvgIpc) is 2.72. The maximum absolute atomic E-state index is 13.3. The molecule has 2 aromatic carbocycles. The van der Waals surface area contributed by atoms with Gasteiger partial charge in [-0.2, -0.15) is 11.8 Å². The van der Waals surface area contributed by atoms with Crippen molar-refractivity contribution >= 4 is 23.8 Å². The van der Waals surface area contributed by atoms with Crippen LogP contribution in [0.1, 0.15) is 45.7 Å². The monoisotopic (exact) mass is 458 g/mol. The van der Waals surface area contributed by atoms with Crippen molar-refractivity contribution < 1.29 is 19.1 Å². The molecule has 6 nitrogen and oxygen atoms in total. The number of hydrogen-bond acceptors (Lipinski definition) is 5. The van der Waals surface area contributed by atoms with Gasteiger partial charge in [-0.25, -0.2) is 4.79 Å². The van der Waals surface area contributed by atoms with Gasteiger partial charge < -0.3 is 15.2 Å². The molecule has 7 heteroatoms. The maximum atomic E-state index is 13.3. The largest absolute Gasteiger partial charge is 0.497 e. The Morgan fingerprint density at radius 2 is 1.59 bits per heavy atom. The van der Waals surface area contributed by atoms with Gasteiger partial charge in [-0.05, 0) is 57.9 Å². The minimum Gasteiger partial charge on any atom is -0.497 e. The molecule has 0 unspecified atom stereocenters. The lowest BCUT2D eigenvalue weighted by Crippen LogP contribution is -2.58. The van der Waals surface area contributed by atoms with Gasteiger partial charge in [-0.3, -0.25) is 9.69 Å². The third-order valence-corrected chi connectivity index (χ3v) is 6.11. The molecule has 1 atom stereocenters. The van der Waals surface area contributed by atoms with Crippen molar-refractivity contribution in [2.45, 2.75) is 57.6 Å². The van der Waals surface area contributed by atoms with Gasteiger partial charge in [0.1, 0.15) is 17.4 Å². The Bertz CT molecular complexity index is 892. The fraction of sp³-hybridized carbons (Fsp3) is 0.440. The van der Waals surface area contributed by atoms with Crippen LogP contribution in [0, 0.1) is 0 Å². The number of carbonyl (C=O) groups excluding carboxylic acids is 2. The van der Waals surface area contributed by atoms with E-state index in [9.17, 15) is 9.59 Å². The van der Waals surface area contributed by atoms with Gasteiger partial charge in [0, 0.05) is 11.5 Å². The van der Waals surface area contributed by atoms with Crippen molar-refractivity contribution in [3.05, 3.63) is 65.7 Å². The zero-order chi connectivity index (χ0) is 23.9. The van der Waals surface area contributed by atoms with E-state index in [4.69, 9.17) is 15.2 Å². The molecule has 0 radical (unpaired) electrons. The highest BCUT2D eigenvalue weighted by Crippen LogP contribution is 2.33. The van der Waals surface area contributed by atoms with Gasteiger partial charge in [0.05, 0.1) is 12.6 Å². The van der Waals surface area contributed by atoms with Gasteiger partial charge in [-0.15, -0.1) is 0 Å². The minimum absolute atomic E-state index is 0.344. The summed E-state index contributed by atoms with van der Waals surface area (Å²) >= 11 is 1.54. The van der Waals surface area contributed by atoms with Crippen molar-refractivity contribution in [2.24, 2.45) is 5.73 Å². The lowest BCUT2D eigenvalue weighted by atomic mass is 9.91. The molecule has 2 amide bonds. The molecule has 0 fully saturated rings. The molecule has 0 spiro atoms. The minimum atomic E-state index is -0.844. The van der Waals surface area contributed by atoms with Crippen LogP contribution >= 0.6 is 11.8 Å². The molecule has 0 aliphatic rings. The van der Waals surface area contributed by atoms with E-state index in [1.807, 2.05) is 68.4 Å². The van der Waals surface area contributed by atoms with E-state index in [1.165, 1.54) is 4.90 Å². The molecular formula is C25H34N2O4S. The fourth-order valence-corrected chi connectivity index (χ4v) is 4.42. The molecule has 2 rings (SSSR count). The highest BCUT2D eigenvalue weighted by molar-refractivity contribution is 7.98. The molecule has 0 aliphatic heterocycles. The number of hydrogen-bond donors (Lipinski definition) is 1. The van der Waals surface area contributed by atoms with Crippen LogP contribution in [0.2, 0.25) is 0 Å². The zero-order valence-corrected chi connectivity index (χ0v) is 20.6. The van der Waals surface area contributed by atoms with Crippen LogP contribution in [0.3, 0.4) is 0 Å². The van der Waals surface area contributed by atoms with E-state index in [0.29, 0.717) is 11.5 Å². The Hall–Kier alpha value is -2.67. The molecule has 0 aliphatic carbocycles. The topological polar surface area (TPSA) is 81.9 Å². The van der Waals surface area contributed by atoms with Crippen molar-refractivity contribution in [3.8, 4) is 5.75 Å². The van der Waals surface area contributed by atoms with E-state index < -0.39 is 29.2 Å². The van der Waals surface area contributed by atoms with Gasteiger partial charge in [0.25, 0.3) is 0 Å². The first-order valence-corrected chi connectivity index (χ1v) is 11.7. The van der Waals surface area contributed by atoms with Crippen LogP contribution in [0.15, 0.2) is 54.6 Å². The van der Waals surface area contributed by atoms with Gasteiger partial charge >= 0.3 is 6.09 Å². The second-order valence-corrected chi connectivity index (χ2v) is 10.1. The highest BCUT2D eigenvalue weighted by atomic mass is 32.2. The Kier molecular flexibility index (Phi) is 8.61. The highest BCUT2D eigenvalue weighted by Gasteiger charge is 2.42. The van der Waals surface area contributed by atoms with E-state index in [0.717, 1.165) is 16.9 Å². The number of rotatable bonds is 9. The summed E-state index contributed by atoms with van der Waals surface area (Å²) in [6.45, 7) is 9.20. The van der Waals surface area contributed by atoms with Crippen molar-refractivity contribution in [1.82, 2.24) is 4.90 Å². The number of primary amides is 1. The molecule has 2 N–H and O–H groups in total. The number of nitrogens with two attached hydrogens (primary N) is 1. The van der Waals surface area contributed by atoms with E-state index in [2.05, 4.69) is 0 Å². The predicted molar refractivity (Wildman–Crippen MR) is 130 cm³/mol. The number of carbonyl (C=O) groups is 2. The number of thioether (sulfide) groups is 1. The molecule has 0 saturated carbocycles. The van der Waals surface area contributed by atoms with Gasteiger partial charge in [-0.1, -0.05) is 42.5 Å². The van der Waals surface area contributed by atoms with Crippen LogP contribution in [-0.2, 0) is 20.8 Å². The summed E-state index contributed by atoms with van der Waals surface area (Å²) in [6, 6.07) is 16.5. The summed E-state index contributed by atoms with van der Waals surface area (Å²) in [5, 5.41) is 0.